The van der Waals surface area contributed by atoms with Gasteiger partial charge in [0, 0.05) is 11.6 Å². The number of hydrogen-bond acceptors (Lipinski definition) is 5. The van der Waals surface area contributed by atoms with Crippen LogP contribution in [0.3, 0.4) is 0 Å². The molecule has 2 rings (SSSR count). The molecule has 1 amide bonds. The zero-order chi connectivity index (χ0) is 20.5. The Bertz CT molecular complexity index is 959. The normalized spacial score (nSPS) is 10.5. The van der Waals surface area contributed by atoms with Crippen molar-refractivity contribution in [2.45, 2.75) is 0 Å². The SMILES string of the molecule is C=CCNC(=O)C(C#N)=Cc1ccc(OC(=O)c2ccc(Cl)cc2)c(OC)c1. The minimum absolute atomic E-state index is 0.0742. The van der Waals surface area contributed by atoms with Crippen LogP contribution in [0.25, 0.3) is 6.08 Å². The number of carbonyl (C=O) groups is 2. The topological polar surface area (TPSA) is 88.4 Å². The zero-order valence-electron chi connectivity index (χ0n) is 15.1. The summed E-state index contributed by atoms with van der Waals surface area (Å²) in [5.74, 6) is -0.603. The second-order valence-corrected chi connectivity index (χ2v) is 5.91. The molecule has 28 heavy (non-hydrogen) atoms. The molecule has 0 radical (unpaired) electrons. The molecular formula is C21H17ClN2O4. The number of nitriles is 1. The summed E-state index contributed by atoms with van der Waals surface area (Å²) in [4.78, 5) is 24.2. The van der Waals surface area contributed by atoms with Crippen LogP contribution in [0.4, 0.5) is 0 Å². The quantitative estimate of drug-likeness (QED) is 0.253. The van der Waals surface area contributed by atoms with Crippen molar-refractivity contribution >= 4 is 29.6 Å². The molecule has 0 fully saturated rings. The molecule has 0 bridgehead atoms. The molecule has 142 valence electrons. The lowest BCUT2D eigenvalue weighted by Crippen LogP contribution is -2.24. The number of amides is 1. The number of halogens is 1. The van der Waals surface area contributed by atoms with Gasteiger partial charge in [-0.05, 0) is 48.0 Å². The molecule has 0 aliphatic heterocycles. The summed E-state index contributed by atoms with van der Waals surface area (Å²) >= 11 is 5.81. The van der Waals surface area contributed by atoms with Crippen LogP contribution in [-0.2, 0) is 4.79 Å². The summed E-state index contributed by atoms with van der Waals surface area (Å²) < 4.78 is 10.6. The third-order valence-corrected chi connectivity index (χ3v) is 3.81. The number of nitrogens with zero attached hydrogens (tertiary/aromatic N) is 1. The van der Waals surface area contributed by atoms with Gasteiger partial charge in [-0.1, -0.05) is 23.7 Å². The Hall–Kier alpha value is -3.56. The molecule has 2 aromatic carbocycles. The van der Waals surface area contributed by atoms with Crippen LogP contribution in [-0.4, -0.2) is 25.5 Å². The first kappa shape index (κ1) is 20.7. The maximum atomic E-state index is 12.3. The van der Waals surface area contributed by atoms with Crippen LogP contribution in [0, 0.1) is 11.3 Å². The van der Waals surface area contributed by atoms with Gasteiger partial charge in [-0.25, -0.2) is 4.79 Å². The molecule has 0 spiro atoms. The van der Waals surface area contributed by atoms with Gasteiger partial charge < -0.3 is 14.8 Å². The minimum Gasteiger partial charge on any atom is -0.493 e. The smallest absolute Gasteiger partial charge is 0.343 e. The molecule has 7 heteroatoms. The second-order valence-electron chi connectivity index (χ2n) is 5.48. The molecule has 0 saturated carbocycles. The maximum absolute atomic E-state index is 12.3. The van der Waals surface area contributed by atoms with Crippen LogP contribution in [0.1, 0.15) is 15.9 Å². The predicted molar refractivity (Wildman–Crippen MR) is 106 cm³/mol. The lowest BCUT2D eigenvalue weighted by molar-refractivity contribution is -0.116. The van der Waals surface area contributed by atoms with E-state index in [1.54, 1.807) is 36.4 Å². The number of carbonyl (C=O) groups excluding carboxylic acids is 2. The lowest BCUT2D eigenvalue weighted by Gasteiger charge is -2.10. The largest absolute Gasteiger partial charge is 0.493 e. The van der Waals surface area contributed by atoms with Gasteiger partial charge in [0.15, 0.2) is 11.5 Å². The van der Waals surface area contributed by atoms with Gasteiger partial charge in [0.25, 0.3) is 5.91 Å². The Balaban J connectivity index is 2.23. The van der Waals surface area contributed by atoms with Crippen molar-refractivity contribution in [3.8, 4) is 17.6 Å². The number of nitrogens with one attached hydrogen (secondary N) is 1. The van der Waals surface area contributed by atoms with Gasteiger partial charge >= 0.3 is 5.97 Å². The first-order valence-corrected chi connectivity index (χ1v) is 8.53. The molecular weight excluding hydrogens is 380 g/mol. The first-order chi connectivity index (χ1) is 13.5. The summed E-state index contributed by atoms with van der Waals surface area (Å²) in [5, 5.41) is 12.2. The number of ether oxygens (including phenoxy) is 2. The fourth-order valence-electron chi connectivity index (χ4n) is 2.18. The molecule has 0 aliphatic rings. The average molecular weight is 397 g/mol. The Morgan fingerprint density at radius 3 is 2.54 bits per heavy atom. The Morgan fingerprint density at radius 2 is 1.93 bits per heavy atom. The Kier molecular flexibility index (Phi) is 7.37. The summed E-state index contributed by atoms with van der Waals surface area (Å²) in [6.07, 6.45) is 2.92. The van der Waals surface area contributed by atoms with Crippen molar-refractivity contribution < 1.29 is 19.1 Å². The van der Waals surface area contributed by atoms with E-state index in [4.69, 9.17) is 21.1 Å². The van der Waals surface area contributed by atoms with Crippen LogP contribution in [0.2, 0.25) is 5.02 Å². The van der Waals surface area contributed by atoms with Gasteiger partial charge in [-0.3, -0.25) is 4.79 Å². The number of hydrogen-bond donors (Lipinski definition) is 1. The van der Waals surface area contributed by atoms with E-state index in [0.717, 1.165) is 0 Å². The number of rotatable bonds is 7. The highest BCUT2D eigenvalue weighted by molar-refractivity contribution is 6.30. The van der Waals surface area contributed by atoms with E-state index in [2.05, 4.69) is 11.9 Å². The monoisotopic (exact) mass is 396 g/mol. The van der Waals surface area contributed by atoms with Crippen molar-refractivity contribution in [3.63, 3.8) is 0 Å². The third kappa shape index (κ3) is 5.47. The third-order valence-electron chi connectivity index (χ3n) is 3.55. The molecule has 1 N–H and O–H groups in total. The summed E-state index contributed by atoms with van der Waals surface area (Å²) in [5.41, 5.74) is 0.796. The lowest BCUT2D eigenvalue weighted by atomic mass is 10.1. The molecule has 0 unspecified atom stereocenters. The minimum atomic E-state index is -0.570. The zero-order valence-corrected chi connectivity index (χ0v) is 15.8. The number of benzene rings is 2. The highest BCUT2D eigenvalue weighted by Gasteiger charge is 2.14. The van der Waals surface area contributed by atoms with Gasteiger partial charge in [-0.15, -0.1) is 6.58 Å². The van der Waals surface area contributed by atoms with E-state index in [-0.39, 0.29) is 23.6 Å². The highest BCUT2D eigenvalue weighted by atomic mass is 35.5. The fraction of sp³-hybridized carbons (Fsp3) is 0.0952. The summed E-state index contributed by atoms with van der Waals surface area (Å²) in [7, 11) is 1.42. The van der Waals surface area contributed by atoms with E-state index >= 15 is 0 Å². The molecule has 6 nitrogen and oxygen atoms in total. The van der Waals surface area contributed by atoms with Crippen LogP contribution in [0.15, 0.2) is 60.7 Å². The van der Waals surface area contributed by atoms with Crippen molar-refractivity contribution in [1.29, 1.82) is 5.26 Å². The van der Waals surface area contributed by atoms with E-state index in [0.29, 0.717) is 16.1 Å². The van der Waals surface area contributed by atoms with Crippen LogP contribution < -0.4 is 14.8 Å². The van der Waals surface area contributed by atoms with Gasteiger partial charge in [-0.2, -0.15) is 5.26 Å². The van der Waals surface area contributed by atoms with E-state index in [9.17, 15) is 14.9 Å². The summed E-state index contributed by atoms with van der Waals surface area (Å²) in [6.45, 7) is 3.75. The number of esters is 1. The van der Waals surface area contributed by atoms with Crippen LogP contribution in [0.5, 0.6) is 11.5 Å². The molecule has 2 aromatic rings. The van der Waals surface area contributed by atoms with E-state index in [1.165, 1.54) is 25.3 Å². The Labute approximate surface area is 167 Å². The van der Waals surface area contributed by atoms with Gasteiger partial charge in [0.1, 0.15) is 11.6 Å². The van der Waals surface area contributed by atoms with Crippen molar-refractivity contribution in [2.75, 3.05) is 13.7 Å². The van der Waals surface area contributed by atoms with Crippen molar-refractivity contribution in [3.05, 3.63) is 76.8 Å². The average Bonchev–Trinajstić information content (AvgIpc) is 2.71. The fourth-order valence-corrected chi connectivity index (χ4v) is 2.30. The first-order valence-electron chi connectivity index (χ1n) is 8.15. The van der Waals surface area contributed by atoms with Crippen molar-refractivity contribution in [2.24, 2.45) is 0 Å². The molecule has 0 aliphatic carbocycles. The number of methoxy groups -OCH3 is 1. The Morgan fingerprint density at radius 1 is 1.21 bits per heavy atom. The second kappa shape index (κ2) is 9.95. The van der Waals surface area contributed by atoms with Gasteiger partial charge in [0.2, 0.25) is 0 Å². The molecule has 0 heterocycles. The van der Waals surface area contributed by atoms with E-state index < -0.39 is 11.9 Å². The van der Waals surface area contributed by atoms with Crippen LogP contribution >= 0.6 is 11.6 Å². The standard InChI is InChI=1S/C21H17ClN2O4/c1-3-10-24-20(25)16(13-23)11-14-4-9-18(19(12-14)27-2)28-21(26)15-5-7-17(22)8-6-15/h3-9,11-12H,1,10H2,2H3,(H,24,25). The molecule has 0 saturated heterocycles. The van der Waals surface area contributed by atoms with Gasteiger partial charge in [0.05, 0.1) is 12.7 Å². The highest BCUT2D eigenvalue weighted by Crippen LogP contribution is 2.29. The van der Waals surface area contributed by atoms with Crippen molar-refractivity contribution in [1.82, 2.24) is 5.32 Å². The predicted octanol–water partition coefficient (Wildman–Crippen LogP) is 3.78. The maximum Gasteiger partial charge on any atom is 0.343 e. The molecule has 0 aromatic heterocycles. The summed E-state index contributed by atoms with van der Waals surface area (Å²) in [6, 6.07) is 12.8. The van der Waals surface area contributed by atoms with E-state index in [1.807, 2.05) is 6.07 Å². The molecule has 0 atom stereocenters.